The second-order valence-corrected chi connectivity index (χ2v) is 6.23. The first-order valence-electron chi connectivity index (χ1n) is 8.90. The Balaban J connectivity index is 0.00000576. The zero-order valence-corrected chi connectivity index (χ0v) is 18.5. The number of rotatable bonds is 11. The summed E-state index contributed by atoms with van der Waals surface area (Å²) >= 11 is 0. The molecule has 1 rings (SSSR count). The van der Waals surface area contributed by atoms with Gasteiger partial charge in [0.25, 0.3) is 0 Å². The minimum absolute atomic E-state index is 0. The SMILES string of the molecule is CCCCOCCCNC(=NC)NCc1ccc(CN(C)C)cc1.I. The molecule has 0 fully saturated rings. The number of unbranched alkanes of at least 4 members (excludes halogenated alkanes) is 1. The van der Waals surface area contributed by atoms with Gasteiger partial charge in [0.1, 0.15) is 0 Å². The van der Waals surface area contributed by atoms with Crippen molar-refractivity contribution in [3.8, 4) is 0 Å². The van der Waals surface area contributed by atoms with Gasteiger partial charge in [-0.15, -0.1) is 24.0 Å². The molecule has 0 unspecified atom stereocenters. The number of aliphatic imine (C=N–C) groups is 1. The van der Waals surface area contributed by atoms with E-state index in [1.165, 1.54) is 17.5 Å². The van der Waals surface area contributed by atoms with Gasteiger partial charge in [0, 0.05) is 39.9 Å². The minimum atomic E-state index is 0. The van der Waals surface area contributed by atoms with Gasteiger partial charge in [-0.2, -0.15) is 0 Å². The van der Waals surface area contributed by atoms with Crippen LogP contribution in [-0.2, 0) is 17.8 Å². The van der Waals surface area contributed by atoms with Crippen molar-refractivity contribution in [3.05, 3.63) is 35.4 Å². The van der Waals surface area contributed by atoms with Crippen LogP contribution in [0.5, 0.6) is 0 Å². The van der Waals surface area contributed by atoms with Crippen molar-refractivity contribution in [2.45, 2.75) is 39.3 Å². The smallest absolute Gasteiger partial charge is 0.191 e. The quantitative estimate of drug-likeness (QED) is 0.230. The number of halogens is 1. The summed E-state index contributed by atoms with van der Waals surface area (Å²) in [7, 11) is 5.97. The standard InChI is InChI=1S/C19H34N4O.HI/c1-5-6-13-24-14-7-12-21-19(20-2)22-15-17-8-10-18(11-9-17)16-23(3)4;/h8-11H,5-7,12-16H2,1-4H3,(H2,20,21,22);1H. The zero-order chi connectivity index (χ0) is 17.6. The Kier molecular flexibility index (Phi) is 14.9. The van der Waals surface area contributed by atoms with Crippen molar-refractivity contribution < 1.29 is 4.74 Å². The van der Waals surface area contributed by atoms with E-state index in [-0.39, 0.29) is 24.0 Å². The number of guanidine groups is 1. The van der Waals surface area contributed by atoms with Crippen LogP contribution < -0.4 is 10.6 Å². The van der Waals surface area contributed by atoms with E-state index in [2.05, 4.69) is 65.8 Å². The summed E-state index contributed by atoms with van der Waals surface area (Å²) in [6, 6.07) is 8.70. The normalized spacial score (nSPS) is 11.3. The molecule has 6 heteroatoms. The fraction of sp³-hybridized carbons (Fsp3) is 0.632. The molecule has 0 aliphatic heterocycles. The Hall–Kier alpha value is -0.860. The number of ether oxygens (including phenoxy) is 1. The molecule has 0 bridgehead atoms. The summed E-state index contributed by atoms with van der Waals surface area (Å²) in [5.41, 5.74) is 2.58. The third-order valence-electron chi connectivity index (χ3n) is 3.61. The van der Waals surface area contributed by atoms with Crippen molar-refractivity contribution in [1.29, 1.82) is 0 Å². The summed E-state index contributed by atoms with van der Waals surface area (Å²) in [4.78, 5) is 6.43. The van der Waals surface area contributed by atoms with Gasteiger partial charge in [-0.25, -0.2) is 0 Å². The summed E-state index contributed by atoms with van der Waals surface area (Å²) in [6.07, 6.45) is 3.32. The molecule has 25 heavy (non-hydrogen) atoms. The van der Waals surface area contributed by atoms with Crippen molar-refractivity contribution in [1.82, 2.24) is 15.5 Å². The first kappa shape index (κ1) is 24.1. The largest absolute Gasteiger partial charge is 0.381 e. The Morgan fingerprint density at radius 3 is 2.28 bits per heavy atom. The lowest BCUT2D eigenvalue weighted by Crippen LogP contribution is -2.37. The van der Waals surface area contributed by atoms with Gasteiger partial charge in [-0.1, -0.05) is 37.6 Å². The maximum atomic E-state index is 5.55. The average Bonchev–Trinajstić information content (AvgIpc) is 2.57. The number of benzene rings is 1. The van der Waals surface area contributed by atoms with Crippen LogP contribution >= 0.6 is 24.0 Å². The Labute approximate surface area is 170 Å². The van der Waals surface area contributed by atoms with E-state index in [9.17, 15) is 0 Å². The molecule has 2 N–H and O–H groups in total. The molecule has 1 aromatic rings. The average molecular weight is 462 g/mol. The molecule has 5 nitrogen and oxygen atoms in total. The highest BCUT2D eigenvalue weighted by Crippen LogP contribution is 2.05. The highest BCUT2D eigenvalue weighted by atomic mass is 127. The van der Waals surface area contributed by atoms with Crippen molar-refractivity contribution in [3.63, 3.8) is 0 Å². The topological polar surface area (TPSA) is 48.9 Å². The molecular formula is C19H35IN4O. The number of nitrogens with zero attached hydrogens (tertiary/aromatic N) is 2. The van der Waals surface area contributed by atoms with E-state index < -0.39 is 0 Å². The number of hydrogen-bond acceptors (Lipinski definition) is 3. The Morgan fingerprint density at radius 2 is 1.68 bits per heavy atom. The zero-order valence-electron chi connectivity index (χ0n) is 16.2. The lowest BCUT2D eigenvalue weighted by molar-refractivity contribution is 0.129. The molecule has 0 saturated carbocycles. The summed E-state index contributed by atoms with van der Waals surface area (Å²) < 4.78 is 5.55. The predicted molar refractivity (Wildman–Crippen MR) is 118 cm³/mol. The molecular weight excluding hydrogens is 427 g/mol. The monoisotopic (exact) mass is 462 g/mol. The molecule has 0 radical (unpaired) electrons. The highest BCUT2D eigenvalue weighted by molar-refractivity contribution is 14.0. The van der Waals surface area contributed by atoms with E-state index in [0.717, 1.165) is 51.6 Å². The van der Waals surface area contributed by atoms with Crippen LogP contribution in [0.25, 0.3) is 0 Å². The van der Waals surface area contributed by atoms with Crippen LogP contribution in [0.15, 0.2) is 29.3 Å². The summed E-state index contributed by atoms with van der Waals surface area (Å²) in [5, 5.41) is 6.67. The van der Waals surface area contributed by atoms with Crippen molar-refractivity contribution >= 4 is 29.9 Å². The third kappa shape index (κ3) is 12.2. The molecule has 0 saturated heterocycles. The maximum Gasteiger partial charge on any atom is 0.191 e. The molecule has 0 atom stereocenters. The van der Waals surface area contributed by atoms with Crippen LogP contribution in [-0.4, -0.2) is 51.8 Å². The van der Waals surface area contributed by atoms with Gasteiger partial charge in [0.05, 0.1) is 0 Å². The molecule has 0 heterocycles. The maximum absolute atomic E-state index is 5.55. The van der Waals surface area contributed by atoms with Crippen LogP contribution in [0.1, 0.15) is 37.3 Å². The Bertz CT molecular complexity index is 463. The van der Waals surface area contributed by atoms with Gasteiger partial charge >= 0.3 is 0 Å². The second kappa shape index (κ2) is 15.4. The van der Waals surface area contributed by atoms with E-state index in [4.69, 9.17) is 4.74 Å². The van der Waals surface area contributed by atoms with Crippen LogP contribution in [0.4, 0.5) is 0 Å². The second-order valence-electron chi connectivity index (χ2n) is 6.23. The van der Waals surface area contributed by atoms with Crippen LogP contribution in [0.3, 0.4) is 0 Å². The fourth-order valence-corrected chi connectivity index (χ4v) is 2.26. The lowest BCUT2D eigenvalue weighted by atomic mass is 10.1. The molecule has 0 amide bonds. The first-order valence-corrected chi connectivity index (χ1v) is 8.90. The van der Waals surface area contributed by atoms with Gasteiger partial charge in [0.15, 0.2) is 5.96 Å². The van der Waals surface area contributed by atoms with Crippen LogP contribution in [0.2, 0.25) is 0 Å². The molecule has 0 aliphatic rings. The van der Waals surface area contributed by atoms with Gasteiger partial charge < -0.3 is 20.3 Å². The van der Waals surface area contributed by atoms with Crippen LogP contribution in [0, 0.1) is 0 Å². The van der Waals surface area contributed by atoms with E-state index in [1.54, 1.807) is 7.05 Å². The van der Waals surface area contributed by atoms with Crippen molar-refractivity contribution in [2.24, 2.45) is 4.99 Å². The summed E-state index contributed by atoms with van der Waals surface area (Å²) in [6.45, 7) is 6.46. The van der Waals surface area contributed by atoms with Gasteiger partial charge in [-0.05, 0) is 38.1 Å². The fourth-order valence-electron chi connectivity index (χ4n) is 2.26. The third-order valence-corrected chi connectivity index (χ3v) is 3.61. The predicted octanol–water partition coefficient (Wildman–Crippen LogP) is 3.24. The Morgan fingerprint density at radius 1 is 1.04 bits per heavy atom. The van der Waals surface area contributed by atoms with E-state index >= 15 is 0 Å². The van der Waals surface area contributed by atoms with E-state index in [0.29, 0.717) is 0 Å². The first-order chi connectivity index (χ1) is 11.7. The lowest BCUT2D eigenvalue weighted by Gasteiger charge is -2.13. The minimum Gasteiger partial charge on any atom is -0.381 e. The molecule has 0 aliphatic carbocycles. The number of hydrogen-bond donors (Lipinski definition) is 2. The molecule has 144 valence electrons. The van der Waals surface area contributed by atoms with Crippen molar-refractivity contribution in [2.75, 3.05) is 40.9 Å². The molecule has 0 aromatic heterocycles. The highest BCUT2D eigenvalue weighted by Gasteiger charge is 2.00. The number of nitrogens with one attached hydrogen (secondary N) is 2. The molecule has 0 spiro atoms. The van der Waals surface area contributed by atoms with E-state index in [1.807, 2.05) is 0 Å². The molecule has 1 aromatic carbocycles. The van der Waals surface area contributed by atoms with Gasteiger partial charge in [-0.3, -0.25) is 4.99 Å². The van der Waals surface area contributed by atoms with Gasteiger partial charge in [0.2, 0.25) is 0 Å². The summed E-state index contributed by atoms with van der Waals surface area (Å²) in [5.74, 6) is 0.834.